The zero-order chi connectivity index (χ0) is 14.1. The van der Waals surface area contributed by atoms with Crippen molar-refractivity contribution in [3.05, 3.63) is 23.5 Å². The third-order valence-corrected chi connectivity index (χ3v) is 3.58. The lowest BCUT2D eigenvalue weighted by Gasteiger charge is -2.27. The molecule has 1 amide bonds. The fourth-order valence-corrected chi connectivity index (χ4v) is 2.22. The van der Waals surface area contributed by atoms with Crippen LogP contribution in [0.5, 0.6) is 0 Å². The van der Waals surface area contributed by atoms with Crippen molar-refractivity contribution in [3.8, 4) is 0 Å². The highest BCUT2D eigenvalue weighted by molar-refractivity contribution is 5.97. The average Bonchev–Trinajstić information content (AvgIpc) is 2.79. The Balaban J connectivity index is 1.79. The molecule has 2 N–H and O–H groups in total. The van der Waals surface area contributed by atoms with Gasteiger partial charge >= 0.3 is 0 Å². The molecule has 1 aliphatic rings. The van der Waals surface area contributed by atoms with E-state index in [1.54, 1.807) is 0 Å². The minimum Gasteiger partial charge on any atom is -0.352 e. The van der Waals surface area contributed by atoms with Gasteiger partial charge in [-0.1, -0.05) is 19.0 Å². The second kappa shape index (κ2) is 5.20. The van der Waals surface area contributed by atoms with E-state index in [4.69, 9.17) is 4.52 Å². The van der Waals surface area contributed by atoms with Crippen LogP contribution in [0.3, 0.4) is 0 Å². The number of hydrogen-bond donors (Lipinski definition) is 2. The van der Waals surface area contributed by atoms with Gasteiger partial charge in [0.15, 0.2) is 0 Å². The molecule has 0 aliphatic carbocycles. The Hall–Kier alpha value is -1.95. The Labute approximate surface area is 116 Å². The van der Waals surface area contributed by atoms with Crippen LogP contribution in [-0.4, -0.2) is 35.7 Å². The first-order valence-corrected chi connectivity index (χ1v) is 6.89. The number of amides is 1. The Morgan fingerprint density at radius 1 is 1.55 bits per heavy atom. The second-order valence-corrected chi connectivity index (χ2v) is 5.53. The molecule has 20 heavy (non-hydrogen) atoms. The van der Waals surface area contributed by atoms with Crippen molar-refractivity contribution in [3.63, 3.8) is 0 Å². The molecule has 2 aromatic heterocycles. The molecule has 0 aromatic carbocycles. The maximum atomic E-state index is 12.1. The smallest absolute Gasteiger partial charge is 0.257 e. The quantitative estimate of drug-likeness (QED) is 0.878. The van der Waals surface area contributed by atoms with Crippen LogP contribution in [0.15, 0.2) is 16.8 Å². The van der Waals surface area contributed by atoms with E-state index in [2.05, 4.69) is 20.8 Å². The fraction of sp³-hybridized carbons (Fsp3) is 0.500. The van der Waals surface area contributed by atoms with Crippen molar-refractivity contribution in [1.29, 1.82) is 0 Å². The predicted octanol–water partition coefficient (Wildman–Crippen LogP) is 1.30. The van der Waals surface area contributed by atoms with Crippen LogP contribution in [0.2, 0.25) is 0 Å². The maximum Gasteiger partial charge on any atom is 0.257 e. The van der Waals surface area contributed by atoms with Gasteiger partial charge in [0, 0.05) is 31.7 Å². The van der Waals surface area contributed by atoms with Crippen LogP contribution in [0.1, 0.15) is 35.8 Å². The Morgan fingerprint density at radius 2 is 2.35 bits per heavy atom. The molecule has 1 saturated heterocycles. The first kappa shape index (κ1) is 13.1. The Morgan fingerprint density at radius 3 is 3.00 bits per heavy atom. The molecule has 0 unspecified atom stereocenters. The third-order valence-electron chi connectivity index (χ3n) is 3.58. The van der Waals surface area contributed by atoms with Gasteiger partial charge in [-0.15, -0.1) is 0 Å². The number of pyridine rings is 1. The van der Waals surface area contributed by atoms with E-state index < -0.39 is 0 Å². The standard InChI is InChI=1S/C14H18N4O2/c1-8(2)12-11-3-10(7-17-14(11)20-18-12)13(19)16-6-9-4-15-5-9/h3,7-9,15H,4-6H2,1-2H3,(H,16,19). The molecule has 0 spiro atoms. The first-order valence-electron chi connectivity index (χ1n) is 6.89. The van der Waals surface area contributed by atoms with E-state index in [0.29, 0.717) is 23.7 Å². The summed E-state index contributed by atoms with van der Waals surface area (Å²) in [6.45, 7) is 6.72. The molecular formula is C14H18N4O2. The van der Waals surface area contributed by atoms with Gasteiger partial charge < -0.3 is 15.2 Å². The number of fused-ring (bicyclic) bond motifs is 1. The summed E-state index contributed by atoms with van der Waals surface area (Å²) in [5.41, 5.74) is 1.87. The Bertz CT molecular complexity index is 631. The number of carbonyl (C=O) groups is 1. The molecule has 6 heteroatoms. The highest BCUT2D eigenvalue weighted by Gasteiger charge is 2.19. The molecule has 0 bridgehead atoms. The van der Waals surface area contributed by atoms with E-state index in [1.807, 2.05) is 19.9 Å². The van der Waals surface area contributed by atoms with Crippen LogP contribution < -0.4 is 10.6 Å². The van der Waals surface area contributed by atoms with Gasteiger partial charge in [-0.05, 0) is 12.0 Å². The minimum absolute atomic E-state index is 0.0952. The number of nitrogens with zero attached hydrogens (tertiary/aromatic N) is 2. The summed E-state index contributed by atoms with van der Waals surface area (Å²) < 4.78 is 5.17. The van der Waals surface area contributed by atoms with Gasteiger partial charge in [-0.25, -0.2) is 4.98 Å². The summed E-state index contributed by atoms with van der Waals surface area (Å²) in [7, 11) is 0. The monoisotopic (exact) mass is 274 g/mol. The summed E-state index contributed by atoms with van der Waals surface area (Å²) in [5, 5.41) is 10.9. The van der Waals surface area contributed by atoms with E-state index in [1.165, 1.54) is 6.20 Å². The maximum absolute atomic E-state index is 12.1. The lowest BCUT2D eigenvalue weighted by atomic mass is 10.0. The summed E-state index contributed by atoms with van der Waals surface area (Å²) in [4.78, 5) is 16.3. The van der Waals surface area contributed by atoms with Gasteiger partial charge in [0.1, 0.15) is 0 Å². The third kappa shape index (κ3) is 2.38. The van der Waals surface area contributed by atoms with Gasteiger partial charge in [-0.2, -0.15) is 0 Å². The van der Waals surface area contributed by atoms with Crippen molar-refractivity contribution in [2.24, 2.45) is 5.92 Å². The molecule has 1 fully saturated rings. The number of nitrogens with one attached hydrogen (secondary N) is 2. The van der Waals surface area contributed by atoms with Crippen molar-refractivity contribution >= 4 is 17.0 Å². The van der Waals surface area contributed by atoms with Crippen molar-refractivity contribution in [1.82, 2.24) is 20.8 Å². The topological polar surface area (TPSA) is 80.0 Å². The van der Waals surface area contributed by atoms with E-state index in [9.17, 15) is 4.79 Å². The van der Waals surface area contributed by atoms with Crippen LogP contribution in [-0.2, 0) is 0 Å². The lowest BCUT2D eigenvalue weighted by Crippen LogP contribution is -2.48. The first-order chi connectivity index (χ1) is 9.65. The average molecular weight is 274 g/mol. The Kier molecular flexibility index (Phi) is 3.40. The van der Waals surface area contributed by atoms with E-state index in [0.717, 1.165) is 24.2 Å². The fourth-order valence-electron chi connectivity index (χ4n) is 2.22. The number of hydrogen-bond acceptors (Lipinski definition) is 5. The predicted molar refractivity (Wildman–Crippen MR) is 74.6 cm³/mol. The van der Waals surface area contributed by atoms with Gasteiger partial charge in [0.05, 0.1) is 16.6 Å². The highest BCUT2D eigenvalue weighted by atomic mass is 16.5. The number of aromatic nitrogens is 2. The zero-order valence-corrected chi connectivity index (χ0v) is 11.6. The largest absolute Gasteiger partial charge is 0.352 e. The molecule has 1 aliphatic heterocycles. The summed E-state index contributed by atoms with van der Waals surface area (Å²) in [6, 6.07) is 1.81. The molecule has 2 aromatic rings. The van der Waals surface area contributed by atoms with E-state index in [-0.39, 0.29) is 11.8 Å². The van der Waals surface area contributed by atoms with Crippen molar-refractivity contribution < 1.29 is 9.32 Å². The minimum atomic E-state index is -0.0952. The lowest BCUT2D eigenvalue weighted by molar-refractivity contribution is 0.0942. The zero-order valence-electron chi connectivity index (χ0n) is 11.6. The SMILES string of the molecule is CC(C)c1noc2ncc(C(=O)NCC3CNC3)cc12. The normalized spacial score (nSPS) is 15.6. The number of carbonyl (C=O) groups excluding carboxylic acids is 1. The summed E-state index contributed by atoms with van der Waals surface area (Å²) in [5.74, 6) is 0.678. The van der Waals surface area contributed by atoms with Gasteiger partial charge in [0.2, 0.25) is 0 Å². The van der Waals surface area contributed by atoms with Crippen LogP contribution >= 0.6 is 0 Å². The molecular weight excluding hydrogens is 256 g/mol. The molecule has 0 saturated carbocycles. The summed E-state index contributed by atoms with van der Waals surface area (Å²) in [6.07, 6.45) is 1.53. The summed E-state index contributed by atoms with van der Waals surface area (Å²) >= 11 is 0. The molecule has 6 nitrogen and oxygen atoms in total. The van der Waals surface area contributed by atoms with Gasteiger partial charge in [0.25, 0.3) is 11.6 Å². The van der Waals surface area contributed by atoms with Crippen molar-refractivity contribution in [2.45, 2.75) is 19.8 Å². The van der Waals surface area contributed by atoms with Crippen LogP contribution in [0.4, 0.5) is 0 Å². The molecule has 3 rings (SSSR count). The van der Waals surface area contributed by atoms with E-state index >= 15 is 0 Å². The molecule has 106 valence electrons. The molecule has 3 heterocycles. The highest BCUT2D eigenvalue weighted by Crippen LogP contribution is 2.23. The van der Waals surface area contributed by atoms with Crippen LogP contribution in [0, 0.1) is 5.92 Å². The van der Waals surface area contributed by atoms with Gasteiger partial charge in [-0.3, -0.25) is 4.79 Å². The second-order valence-electron chi connectivity index (χ2n) is 5.53. The van der Waals surface area contributed by atoms with Crippen molar-refractivity contribution in [2.75, 3.05) is 19.6 Å². The molecule has 0 atom stereocenters. The molecule has 0 radical (unpaired) electrons. The number of rotatable bonds is 4. The van der Waals surface area contributed by atoms with Crippen LogP contribution in [0.25, 0.3) is 11.1 Å².